The van der Waals surface area contributed by atoms with Crippen molar-refractivity contribution in [3.05, 3.63) is 351 Å². The Hall–Kier alpha value is -10.5. The van der Waals surface area contributed by atoms with Crippen LogP contribution in [0.1, 0.15) is 30.2 Å². The topological polar surface area (TPSA) is 144 Å². The number of furan rings is 2. The first-order valence-electron chi connectivity index (χ1n) is 30.4. The molecule has 10 nitrogen and oxygen atoms in total. The predicted molar refractivity (Wildman–Crippen MR) is 389 cm³/mol. The second-order valence-electron chi connectivity index (χ2n) is 20.7. The Balaban J connectivity index is 0.000000182. The van der Waals surface area contributed by atoms with E-state index in [0.717, 1.165) is 148 Å². The van der Waals surface area contributed by atoms with E-state index in [4.69, 9.17) is 19.0 Å². The van der Waals surface area contributed by atoms with Gasteiger partial charge in [-0.1, -0.05) is 134 Å². The van der Waals surface area contributed by atoms with Crippen LogP contribution in [0, 0.1) is 58.0 Å². The largest absolute Gasteiger partial charge is 3.00 e. The molecule has 0 saturated carbocycles. The van der Waals surface area contributed by atoms with Crippen LogP contribution in [0.5, 0.6) is 0 Å². The molecule has 0 unspecified atom stereocenters. The zero-order valence-corrected chi connectivity index (χ0v) is 58.6. The van der Waals surface area contributed by atoms with Crippen molar-refractivity contribution >= 4 is 43.9 Å². The van der Waals surface area contributed by atoms with Crippen molar-refractivity contribution < 1.29 is 59.3 Å². The molecule has 0 atom stereocenters. The molecule has 8 aromatic carbocycles. The van der Waals surface area contributed by atoms with Crippen LogP contribution in [0.3, 0.4) is 0 Å². The number of rotatable bonds is 6. The van der Waals surface area contributed by atoms with Crippen LogP contribution in [0.2, 0.25) is 0 Å². The number of aryl methyl sites for hydroxylation is 4. The summed E-state index contributed by atoms with van der Waals surface area (Å²) in [6.45, 7) is 7.97. The molecule has 2 N–H and O–H groups in total. The molecule has 0 spiro atoms. The maximum atomic E-state index is 7.00. The van der Waals surface area contributed by atoms with Crippen LogP contribution >= 0.6 is 0 Å². The van der Waals surface area contributed by atoms with Crippen LogP contribution in [0.15, 0.2) is 306 Å². The van der Waals surface area contributed by atoms with Gasteiger partial charge in [0.25, 0.3) is 0 Å². The fourth-order valence-electron chi connectivity index (χ4n) is 9.85. The third-order valence-corrected chi connectivity index (χ3v) is 14.1. The number of hydrogen-bond donors (Lipinski definition) is 2. The molecule has 16 rings (SSSR count). The quantitative estimate of drug-likeness (QED) is 0.154. The molecule has 0 aliphatic heterocycles. The molecule has 0 amide bonds. The molecule has 0 bridgehead atoms. The minimum absolute atomic E-state index is 0. The summed E-state index contributed by atoms with van der Waals surface area (Å²) in [7, 11) is 2.00. The molecule has 1 radical (unpaired) electrons. The van der Waals surface area contributed by atoms with Gasteiger partial charge in [0, 0.05) is 91.2 Å². The average molecular weight is 1630 g/mol. The van der Waals surface area contributed by atoms with E-state index >= 15 is 0 Å². The Labute approximate surface area is 596 Å². The predicted octanol–water partition coefficient (Wildman–Crippen LogP) is 20.4. The SMILES string of the molecule is C.CO.CO.Cc1cccc(-c2[c-]cccc2)n1.Cc1cccc(-c2[c-]cccc2)n1.Cc1cccc(-c2[c-]cccc2)n1.Cc1cccc(-c2[c-]cccc2)n1.[Ir+3].[Ir].[c-]1ccc2c(oc3ccccc32)c1-c1ccccn1.c1ccc(-c2cccc3c2oc2ccccc23)nc1. The summed E-state index contributed by atoms with van der Waals surface area (Å²) in [4.78, 5) is 26.4. The summed E-state index contributed by atoms with van der Waals surface area (Å²) < 4.78 is 12.0. The molecule has 0 aliphatic rings. The van der Waals surface area contributed by atoms with Crippen molar-refractivity contribution in [3.63, 3.8) is 0 Å². The zero-order chi connectivity index (χ0) is 65.7. The number of nitrogens with zero attached hydrogens (tertiary/aromatic N) is 6. The average Bonchev–Trinajstić information content (AvgIpc) is 1.64. The second-order valence-corrected chi connectivity index (χ2v) is 20.7. The Morgan fingerprint density at radius 3 is 0.969 bits per heavy atom. The molecule has 8 aromatic heterocycles. The first kappa shape index (κ1) is 75.5. The van der Waals surface area contributed by atoms with Crippen molar-refractivity contribution in [1.82, 2.24) is 29.9 Å². The monoisotopic (exact) mass is 1630 g/mol. The normalized spacial score (nSPS) is 9.81. The zero-order valence-electron chi connectivity index (χ0n) is 53.9. The molecule has 0 saturated heterocycles. The van der Waals surface area contributed by atoms with Gasteiger partial charge in [0.2, 0.25) is 0 Å². The number of benzene rings is 8. The molecule has 97 heavy (non-hydrogen) atoms. The van der Waals surface area contributed by atoms with Crippen LogP contribution in [0.4, 0.5) is 0 Å². The van der Waals surface area contributed by atoms with Gasteiger partial charge in [-0.05, 0) is 117 Å². The first-order chi connectivity index (χ1) is 46.3. The molecule has 0 aliphatic carbocycles. The van der Waals surface area contributed by atoms with Gasteiger partial charge in [-0.15, -0.1) is 162 Å². The van der Waals surface area contributed by atoms with Gasteiger partial charge >= 0.3 is 20.1 Å². The molecule has 0 fully saturated rings. The third kappa shape index (κ3) is 21.2. The van der Waals surface area contributed by atoms with Crippen LogP contribution in [0.25, 0.3) is 111 Å². The van der Waals surface area contributed by atoms with Gasteiger partial charge in [-0.25, -0.2) is 0 Å². The van der Waals surface area contributed by atoms with E-state index in [2.05, 4.69) is 78.4 Å². The Kier molecular flexibility index (Phi) is 31.1. The van der Waals surface area contributed by atoms with Crippen LogP contribution < -0.4 is 0 Å². The minimum atomic E-state index is 0. The van der Waals surface area contributed by atoms with E-state index in [1.807, 2.05) is 295 Å². The summed E-state index contributed by atoms with van der Waals surface area (Å²) in [5, 5.41) is 18.5. The molecular formula is C85H73Ir2N6O4-2. The number of aliphatic hydroxyl groups is 2. The van der Waals surface area contributed by atoms with Crippen molar-refractivity contribution in [2.24, 2.45) is 0 Å². The molecular weight excluding hydrogens is 1550 g/mol. The smallest absolute Gasteiger partial charge is 0.501 e. The van der Waals surface area contributed by atoms with Gasteiger partial charge in [-0.2, -0.15) is 0 Å². The molecule has 16 aromatic rings. The standard InChI is InChI=1S/C17H11NO.C17H10NO.4C12H10N.2CH4O.CH4.2Ir/c2*1-2-10-16-12(6-1)13-7-5-8-14(17(13)19-16)15-9-3-4-11-18-15;4*1-10-6-5-9-12(13-10)11-7-3-2-4-8-11;2*1-2;;;/h1-11H;1-7,9-11H;4*2-7,9H,1H3;2*2H,1H3;1H4;;/q;5*-1;;;;;+3. The van der Waals surface area contributed by atoms with E-state index in [9.17, 15) is 0 Å². The van der Waals surface area contributed by atoms with E-state index in [1.54, 1.807) is 12.4 Å². The van der Waals surface area contributed by atoms with Gasteiger partial charge in [0.1, 0.15) is 16.7 Å². The van der Waals surface area contributed by atoms with Gasteiger partial charge in [-0.3, -0.25) is 4.98 Å². The summed E-state index contributed by atoms with van der Waals surface area (Å²) in [5.41, 5.74) is 19.6. The minimum Gasteiger partial charge on any atom is -0.501 e. The van der Waals surface area contributed by atoms with E-state index in [-0.39, 0.29) is 47.6 Å². The Morgan fingerprint density at radius 1 is 0.289 bits per heavy atom. The molecule has 487 valence electrons. The number of hydrogen-bond acceptors (Lipinski definition) is 10. The van der Waals surface area contributed by atoms with Crippen molar-refractivity contribution in [3.8, 4) is 67.5 Å². The summed E-state index contributed by atoms with van der Waals surface area (Å²) in [6.07, 6.45) is 3.58. The fraction of sp³-hybridized carbons (Fsp3) is 0.0824. The Morgan fingerprint density at radius 2 is 0.608 bits per heavy atom. The first-order valence-corrected chi connectivity index (χ1v) is 30.4. The maximum absolute atomic E-state index is 7.00. The van der Waals surface area contributed by atoms with E-state index in [1.165, 1.54) is 0 Å². The third-order valence-electron chi connectivity index (χ3n) is 14.1. The van der Waals surface area contributed by atoms with Gasteiger partial charge < -0.3 is 44.0 Å². The summed E-state index contributed by atoms with van der Waals surface area (Å²) in [6, 6.07) is 109. The molecule has 8 heterocycles. The van der Waals surface area contributed by atoms with E-state index < -0.39 is 0 Å². The van der Waals surface area contributed by atoms with E-state index in [0.29, 0.717) is 0 Å². The summed E-state index contributed by atoms with van der Waals surface area (Å²) in [5.74, 6) is 0. The van der Waals surface area contributed by atoms with Gasteiger partial charge in [0.05, 0.1) is 11.3 Å². The van der Waals surface area contributed by atoms with Crippen molar-refractivity contribution in [1.29, 1.82) is 0 Å². The number of aromatic nitrogens is 6. The summed E-state index contributed by atoms with van der Waals surface area (Å²) >= 11 is 0. The fourth-order valence-corrected chi connectivity index (χ4v) is 9.85. The Bertz CT molecular complexity index is 4420. The van der Waals surface area contributed by atoms with Crippen molar-refractivity contribution in [2.45, 2.75) is 35.1 Å². The maximum Gasteiger partial charge on any atom is 3.00 e. The van der Waals surface area contributed by atoms with Crippen molar-refractivity contribution in [2.75, 3.05) is 14.2 Å². The number of para-hydroxylation sites is 3. The second kappa shape index (κ2) is 40.0. The molecule has 12 heteroatoms. The number of pyridine rings is 6. The number of aliphatic hydroxyl groups excluding tert-OH is 2. The van der Waals surface area contributed by atoms with Gasteiger partial charge in [0.15, 0.2) is 0 Å². The number of fused-ring (bicyclic) bond motifs is 6. The van der Waals surface area contributed by atoms with Crippen LogP contribution in [-0.2, 0) is 40.2 Å². The van der Waals surface area contributed by atoms with Crippen LogP contribution in [-0.4, -0.2) is 54.3 Å².